The second kappa shape index (κ2) is 7.33. The van der Waals surface area contributed by atoms with Crippen LogP contribution in [0.1, 0.15) is 36.8 Å². The molecule has 0 atom stereocenters. The second-order valence-electron chi connectivity index (χ2n) is 5.57. The molecule has 1 aromatic rings. The van der Waals surface area contributed by atoms with Crippen LogP contribution in [0.15, 0.2) is 24.3 Å². The number of rotatable bonds is 4. The number of benzene rings is 1. The number of amides is 1. The molecular weight excluding hydrogens is 317 g/mol. The Balaban J connectivity index is 0.00000242. The summed E-state index contributed by atoms with van der Waals surface area (Å²) in [7, 11) is 0. The van der Waals surface area contributed by atoms with Gasteiger partial charge in [-0.1, -0.05) is 31.0 Å². The van der Waals surface area contributed by atoms with Crippen LogP contribution < -0.4 is 11.1 Å². The van der Waals surface area contributed by atoms with E-state index in [4.69, 9.17) is 5.73 Å². The first-order chi connectivity index (χ1) is 9.86. The van der Waals surface area contributed by atoms with Gasteiger partial charge in [0, 0.05) is 6.54 Å². The molecule has 0 aromatic heterocycles. The normalized spacial score (nSPS) is 16.9. The molecule has 0 unspecified atom stereocenters. The van der Waals surface area contributed by atoms with Gasteiger partial charge in [0.05, 0.1) is 17.5 Å². The molecule has 0 heterocycles. The number of hydrogen-bond acceptors (Lipinski definition) is 2. The Bertz CT molecular complexity index is 514. The van der Waals surface area contributed by atoms with Crippen LogP contribution in [0.5, 0.6) is 0 Å². The highest BCUT2D eigenvalue weighted by atomic mass is 35.5. The predicted octanol–water partition coefficient (Wildman–Crippen LogP) is 3.06. The highest BCUT2D eigenvalue weighted by Crippen LogP contribution is 2.32. The number of hydrogen-bond donors (Lipinski definition) is 2. The van der Waals surface area contributed by atoms with E-state index in [1.54, 1.807) is 0 Å². The largest absolute Gasteiger partial charge is 0.416 e. The summed E-state index contributed by atoms with van der Waals surface area (Å²) in [6.07, 6.45) is -1.19. The van der Waals surface area contributed by atoms with E-state index >= 15 is 0 Å². The third-order valence-electron chi connectivity index (χ3n) is 4.03. The fraction of sp³-hybridized carbons (Fsp3) is 0.533. The molecule has 0 aliphatic heterocycles. The van der Waals surface area contributed by atoms with E-state index in [2.05, 4.69) is 5.32 Å². The molecule has 1 aliphatic carbocycles. The monoisotopic (exact) mass is 336 g/mol. The third-order valence-corrected chi connectivity index (χ3v) is 4.03. The van der Waals surface area contributed by atoms with E-state index in [0.29, 0.717) is 6.54 Å². The maximum Gasteiger partial charge on any atom is 0.416 e. The van der Waals surface area contributed by atoms with Crippen molar-refractivity contribution in [3.05, 3.63) is 35.4 Å². The van der Waals surface area contributed by atoms with Crippen LogP contribution in [0.2, 0.25) is 0 Å². The zero-order valence-electron chi connectivity index (χ0n) is 12.1. The van der Waals surface area contributed by atoms with Gasteiger partial charge in [0.2, 0.25) is 5.91 Å². The van der Waals surface area contributed by atoms with Gasteiger partial charge in [-0.25, -0.2) is 0 Å². The Morgan fingerprint density at radius 2 is 1.82 bits per heavy atom. The zero-order chi connectivity index (χ0) is 15.5. The van der Waals surface area contributed by atoms with Crippen LogP contribution >= 0.6 is 12.4 Å². The molecule has 3 nitrogen and oxygen atoms in total. The van der Waals surface area contributed by atoms with Gasteiger partial charge in [-0.2, -0.15) is 13.2 Å². The lowest BCUT2D eigenvalue weighted by molar-refractivity contribution is -0.138. The average Bonchev–Trinajstić information content (AvgIpc) is 2.87. The molecule has 3 N–H and O–H groups in total. The number of nitrogens with one attached hydrogen (secondary N) is 1. The van der Waals surface area contributed by atoms with E-state index in [0.717, 1.165) is 31.7 Å². The summed E-state index contributed by atoms with van der Waals surface area (Å²) >= 11 is 0. The van der Waals surface area contributed by atoms with Crippen molar-refractivity contribution in [2.24, 2.45) is 5.73 Å². The van der Waals surface area contributed by atoms with Crippen LogP contribution in [0.3, 0.4) is 0 Å². The van der Waals surface area contributed by atoms with Gasteiger partial charge in [-0.15, -0.1) is 12.4 Å². The topological polar surface area (TPSA) is 55.1 Å². The van der Waals surface area contributed by atoms with Crippen molar-refractivity contribution in [2.45, 2.75) is 43.8 Å². The van der Waals surface area contributed by atoms with Gasteiger partial charge >= 0.3 is 6.18 Å². The van der Waals surface area contributed by atoms with Crippen molar-refractivity contribution in [2.75, 3.05) is 6.54 Å². The number of alkyl halides is 3. The Hall–Kier alpha value is -1.27. The molecule has 1 aliphatic rings. The van der Waals surface area contributed by atoms with Crippen molar-refractivity contribution in [3.63, 3.8) is 0 Å². The smallest absolute Gasteiger partial charge is 0.349 e. The first-order valence-electron chi connectivity index (χ1n) is 7.02. The number of nitrogens with two attached hydrogens (primary N) is 1. The van der Waals surface area contributed by atoms with Crippen molar-refractivity contribution >= 4 is 18.3 Å². The molecule has 1 amide bonds. The van der Waals surface area contributed by atoms with Crippen LogP contribution in [0.4, 0.5) is 13.2 Å². The third kappa shape index (κ3) is 4.36. The van der Waals surface area contributed by atoms with Gasteiger partial charge in [-0.3, -0.25) is 4.79 Å². The zero-order valence-corrected chi connectivity index (χ0v) is 12.9. The minimum absolute atomic E-state index is 0. The molecule has 1 fully saturated rings. The molecule has 1 saturated carbocycles. The van der Waals surface area contributed by atoms with Gasteiger partial charge in [0.25, 0.3) is 0 Å². The molecule has 7 heteroatoms. The summed E-state index contributed by atoms with van der Waals surface area (Å²) in [4.78, 5) is 12.1. The molecule has 1 aromatic carbocycles. The maximum atomic E-state index is 12.9. The van der Waals surface area contributed by atoms with E-state index in [1.165, 1.54) is 18.2 Å². The van der Waals surface area contributed by atoms with Gasteiger partial charge in [-0.05, 0) is 24.5 Å². The lowest BCUT2D eigenvalue weighted by Crippen LogP contribution is -2.52. The molecule has 0 saturated heterocycles. The number of carbonyl (C=O) groups excluding carboxylic acids is 1. The van der Waals surface area contributed by atoms with Crippen LogP contribution in [0, 0.1) is 0 Å². The maximum absolute atomic E-state index is 12.9. The standard InChI is InChI=1S/C15H19F3N2O.ClH/c16-15(17,18)12-6-2-1-5-11(12)9-13(21)20-14(10-19)7-3-4-8-14;/h1-2,5-6H,3-4,7-10,19H2,(H,20,21);1H. The fourth-order valence-electron chi connectivity index (χ4n) is 2.90. The van der Waals surface area contributed by atoms with E-state index < -0.39 is 23.2 Å². The fourth-order valence-corrected chi connectivity index (χ4v) is 2.90. The summed E-state index contributed by atoms with van der Waals surface area (Å²) in [5.41, 5.74) is 4.51. The van der Waals surface area contributed by atoms with Crippen LogP contribution in [-0.2, 0) is 17.4 Å². The molecule has 0 bridgehead atoms. The second-order valence-corrected chi connectivity index (χ2v) is 5.57. The van der Waals surface area contributed by atoms with Crippen LogP contribution in [0.25, 0.3) is 0 Å². The highest BCUT2D eigenvalue weighted by molar-refractivity contribution is 5.85. The quantitative estimate of drug-likeness (QED) is 0.888. The Morgan fingerprint density at radius 3 is 2.36 bits per heavy atom. The molecule has 0 radical (unpaired) electrons. The number of carbonyl (C=O) groups is 1. The summed E-state index contributed by atoms with van der Waals surface area (Å²) < 4.78 is 38.7. The van der Waals surface area contributed by atoms with Crippen molar-refractivity contribution in [1.29, 1.82) is 0 Å². The lowest BCUT2D eigenvalue weighted by Gasteiger charge is -2.29. The van der Waals surface area contributed by atoms with Gasteiger partial charge < -0.3 is 11.1 Å². The predicted molar refractivity (Wildman–Crippen MR) is 80.8 cm³/mol. The van der Waals surface area contributed by atoms with E-state index in [-0.39, 0.29) is 24.4 Å². The minimum atomic E-state index is -4.45. The summed E-state index contributed by atoms with van der Waals surface area (Å²) in [5.74, 6) is -0.404. The molecular formula is C15H20ClF3N2O. The average molecular weight is 337 g/mol. The first kappa shape index (κ1) is 18.8. The van der Waals surface area contributed by atoms with Crippen LogP contribution in [-0.4, -0.2) is 18.0 Å². The lowest BCUT2D eigenvalue weighted by atomic mass is 9.96. The first-order valence-corrected chi connectivity index (χ1v) is 7.02. The Kier molecular flexibility index (Phi) is 6.26. The molecule has 124 valence electrons. The van der Waals surface area contributed by atoms with Gasteiger partial charge in [0.1, 0.15) is 0 Å². The minimum Gasteiger partial charge on any atom is -0.349 e. The summed E-state index contributed by atoms with van der Waals surface area (Å²) in [5, 5.41) is 2.84. The Morgan fingerprint density at radius 1 is 1.23 bits per heavy atom. The summed E-state index contributed by atoms with van der Waals surface area (Å²) in [6, 6.07) is 5.16. The molecule has 2 rings (SSSR count). The van der Waals surface area contributed by atoms with Crippen molar-refractivity contribution in [3.8, 4) is 0 Å². The summed E-state index contributed by atoms with van der Waals surface area (Å²) in [6.45, 7) is 0.319. The molecule has 22 heavy (non-hydrogen) atoms. The van der Waals surface area contributed by atoms with E-state index in [1.807, 2.05) is 0 Å². The van der Waals surface area contributed by atoms with Gasteiger partial charge in [0.15, 0.2) is 0 Å². The highest BCUT2D eigenvalue weighted by Gasteiger charge is 2.36. The van der Waals surface area contributed by atoms with E-state index in [9.17, 15) is 18.0 Å². The van der Waals surface area contributed by atoms with Crippen molar-refractivity contribution < 1.29 is 18.0 Å². The van der Waals surface area contributed by atoms with Crippen molar-refractivity contribution in [1.82, 2.24) is 5.32 Å². The SMILES string of the molecule is Cl.NCC1(NC(=O)Cc2ccccc2C(F)(F)F)CCCC1. The Labute approximate surface area is 133 Å². The molecule has 0 spiro atoms. The number of halogens is 4.